The molecule has 1 aromatic rings. The van der Waals surface area contributed by atoms with Crippen LogP contribution in [-0.2, 0) is 17.5 Å². The largest absolute Gasteiger partial charge is 0.416 e. The van der Waals surface area contributed by atoms with Gasteiger partial charge in [0.25, 0.3) is 0 Å². The molecule has 1 saturated heterocycles. The summed E-state index contributed by atoms with van der Waals surface area (Å²) in [6.45, 7) is 2.18. The van der Waals surface area contributed by atoms with Crippen molar-refractivity contribution >= 4 is 5.91 Å². The number of hydrogen-bond acceptors (Lipinski definition) is 2. The minimum Gasteiger partial charge on any atom is -0.345 e. The molecule has 0 aromatic heterocycles. The van der Waals surface area contributed by atoms with Crippen molar-refractivity contribution < 1.29 is 18.0 Å². The van der Waals surface area contributed by atoms with E-state index in [4.69, 9.17) is 0 Å². The van der Waals surface area contributed by atoms with E-state index in [-0.39, 0.29) is 5.91 Å². The zero-order valence-electron chi connectivity index (χ0n) is 12.9. The van der Waals surface area contributed by atoms with E-state index in [1.54, 1.807) is 4.90 Å². The molecule has 122 valence electrons. The molecule has 3 nitrogen and oxygen atoms in total. The number of hydrogen-bond donors (Lipinski definition) is 0. The second kappa shape index (κ2) is 6.69. The molecule has 0 spiro atoms. The first-order chi connectivity index (χ1) is 10.3. The molecule has 22 heavy (non-hydrogen) atoms. The first kappa shape index (κ1) is 16.8. The molecule has 2 rings (SSSR count). The van der Waals surface area contributed by atoms with Crippen LogP contribution in [0.2, 0.25) is 0 Å². The number of halogens is 3. The summed E-state index contributed by atoms with van der Waals surface area (Å²) in [6.07, 6.45) is -2.83. The number of carbonyl (C=O) groups excluding carboxylic acids is 1. The molecule has 0 radical (unpaired) electrons. The summed E-state index contributed by atoms with van der Waals surface area (Å²) in [5, 5.41) is 0. The van der Waals surface area contributed by atoms with Gasteiger partial charge in [0.1, 0.15) is 0 Å². The summed E-state index contributed by atoms with van der Waals surface area (Å²) in [6, 6.07) is 5.29. The van der Waals surface area contributed by atoms with E-state index < -0.39 is 11.7 Å². The van der Waals surface area contributed by atoms with Crippen LogP contribution in [0.4, 0.5) is 13.2 Å². The molecule has 1 aliphatic rings. The van der Waals surface area contributed by atoms with Crippen molar-refractivity contribution in [3.05, 3.63) is 35.4 Å². The van der Waals surface area contributed by atoms with Crippen molar-refractivity contribution in [1.82, 2.24) is 9.80 Å². The predicted molar refractivity (Wildman–Crippen MR) is 78.1 cm³/mol. The molecule has 0 aliphatic carbocycles. The molecule has 6 heteroatoms. The maximum absolute atomic E-state index is 12.5. The van der Waals surface area contributed by atoms with E-state index in [2.05, 4.69) is 4.90 Å². The molecule has 0 saturated carbocycles. The van der Waals surface area contributed by atoms with E-state index in [0.29, 0.717) is 18.9 Å². The van der Waals surface area contributed by atoms with Gasteiger partial charge in [-0.1, -0.05) is 12.1 Å². The first-order valence-electron chi connectivity index (χ1n) is 7.34. The van der Waals surface area contributed by atoms with Gasteiger partial charge < -0.3 is 9.80 Å². The Morgan fingerprint density at radius 1 is 1.27 bits per heavy atom. The highest BCUT2D eigenvalue weighted by atomic mass is 19.4. The van der Waals surface area contributed by atoms with E-state index in [1.165, 1.54) is 12.1 Å². The number of piperidine rings is 1. The topological polar surface area (TPSA) is 23.6 Å². The number of rotatable bonds is 4. The fourth-order valence-corrected chi connectivity index (χ4v) is 2.86. The minimum atomic E-state index is -4.29. The van der Waals surface area contributed by atoms with Crippen molar-refractivity contribution in [3.63, 3.8) is 0 Å². The van der Waals surface area contributed by atoms with E-state index in [9.17, 15) is 18.0 Å². The normalized spacial score (nSPS) is 19.8. The van der Waals surface area contributed by atoms with Crippen LogP contribution >= 0.6 is 0 Å². The van der Waals surface area contributed by atoms with Gasteiger partial charge in [0.15, 0.2) is 0 Å². The van der Waals surface area contributed by atoms with Crippen molar-refractivity contribution in [2.45, 2.75) is 25.6 Å². The van der Waals surface area contributed by atoms with Crippen LogP contribution < -0.4 is 0 Å². The van der Waals surface area contributed by atoms with E-state index >= 15 is 0 Å². The third-order valence-electron chi connectivity index (χ3n) is 4.03. The molecule has 0 bridgehead atoms. The van der Waals surface area contributed by atoms with Crippen molar-refractivity contribution in [1.29, 1.82) is 0 Å². The third-order valence-corrected chi connectivity index (χ3v) is 4.03. The van der Waals surface area contributed by atoms with Crippen LogP contribution in [0.3, 0.4) is 0 Å². The lowest BCUT2D eigenvalue weighted by molar-refractivity contribution is -0.137. The second-order valence-corrected chi connectivity index (χ2v) is 6.07. The zero-order valence-corrected chi connectivity index (χ0v) is 12.9. The maximum Gasteiger partial charge on any atom is 0.416 e. The Balaban J connectivity index is 1.87. The standard InChI is InChI=1S/C16H21F3N2O/c1-20(10-13-5-8-15(22)21(2)11-13)9-12-3-6-14(7-4-12)16(17,18)19/h3-4,6-7,13H,5,8-11H2,1-2H3. The second-order valence-electron chi connectivity index (χ2n) is 6.07. The van der Waals surface area contributed by atoms with Crippen LogP contribution in [0.25, 0.3) is 0 Å². The lowest BCUT2D eigenvalue weighted by Crippen LogP contribution is -2.41. The highest BCUT2D eigenvalue weighted by Crippen LogP contribution is 2.29. The highest BCUT2D eigenvalue weighted by Gasteiger charge is 2.30. The summed E-state index contributed by atoms with van der Waals surface area (Å²) in [7, 11) is 3.76. The predicted octanol–water partition coefficient (Wildman–Crippen LogP) is 3.01. The molecule has 1 aromatic carbocycles. The summed E-state index contributed by atoms with van der Waals surface area (Å²) in [4.78, 5) is 15.3. The van der Waals surface area contributed by atoms with Crippen LogP contribution in [-0.4, -0.2) is 42.9 Å². The SMILES string of the molecule is CN(Cc1ccc(C(F)(F)F)cc1)CC1CCC(=O)N(C)C1. The van der Waals surface area contributed by atoms with E-state index in [0.717, 1.165) is 37.2 Å². The number of nitrogens with zero attached hydrogens (tertiary/aromatic N) is 2. The smallest absolute Gasteiger partial charge is 0.345 e. The van der Waals surface area contributed by atoms with Gasteiger partial charge in [0.2, 0.25) is 5.91 Å². The molecule has 1 aliphatic heterocycles. The molecule has 0 N–H and O–H groups in total. The molecular formula is C16H21F3N2O. The fourth-order valence-electron chi connectivity index (χ4n) is 2.86. The minimum absolute atomic E-state index is 0.182. The number of likely N-dealkylation sites (tertiary alicyclic amines) is 1. The van der Waals surface area contributed by atoms with Crippen LogP contribution in [0.15, 0.2) is 24.3 Å². The van der Waals surface area contributed by atoms with Crippen molar-refractivity contribution in [3.8, 4) is 0 Å². The van der Waals surface area contributed by atoms with Crippen molar-refractivity contribution in [2.75, 3.05) is 27.2 Å². The van der Waals surface area contributed by atoms with Gasteiger partial charge in [0, 0.05) is 33.1 Å². The van der Waals surface area contributed by atoms with Gasteiger partial charge in [-0.3, -0.25) is 4.79 Å². The molecule has 1 heterocycles. The summed E-state index contributed by atoms with van der Waals surface area (Å²) >= 11 is 0. The number of carbonyl (C=O) groups is 1. The molecule has 1 amide bonds. The van der Waals surface area contributed by atoms with Gasteiger partial charge in [-0.15, -0.1) is 0 Å². The van der Waals surface area contributed by atoms with Crippen LogP contribution in [0.5, 0.6) is 0 Å². The van der Waals surface area contributed by atoms with E-state index in [1.807, 2.05) is 14.1 Å². The van der Waals surface area contributed by atoms with Crippen LogP contribution in [0.1, 0.15) is 24.0 Å². The summed E-state index contributed by atoms with van der Waals surface area (Å²) in [5.41, 5.74) is 0.238. The van der Waals surface area contributed by atoms with Crippen molar-refractivity contribution in [2.24, 2.45) is 5.92 Å². The Labute approximate surface area is 128 Å². The highest BCUT2D eigenvalue weighted by molar-refractivity contribution is 5.76. The lowest BCUT2D eigenvalue weighted by atomic mass is 9.97. The van der Waals surface area contributed by atoms with Crippen LogP contribution in [0, 0.1) is 5.92 Å². The Bertz CT molecular complexity index is 513. The Morgan fingerprint density at radius 3 is 2.45 bits per heavy atom. The zero-order chi connectivity index (χ0) is 16.3. The maximum atomic E-state index is 12.5. The fraction of sp³-hybridized carbons (Fsp3) is 0.562. The third kappa shape index (κ3) is 4.47. The Kier molecular flexibility index (Phi) is 5.11. The van der Waals surface area contributed by atoms with Gasteiger partial charge in [0.05, 0.1) is 5.56 Å². The average molecular weight is 314 g/mol. The summed E-state index contributed by atoms with van der Waals surface area (Å²) in [5.74, 6) is 0.601. The van der Waals surface area contributed by atoms with Gasteiger partial charge in [-0.25, -0.2) is 0 Å². The average Bonchev–Trinajstić information content (AvgIpc) is 2.42. The number of alkyl halides is 3. The first-order valence-corrected chi connectivity index (χ1v) is 7.34. The molecular weight excluding hydrogens is 293 g/mol. The van der Waals surface area contributed by atoms with Gasteiger partial charge in [-0.05, 0) is 37.1 Å². The Hall–Kier alpha value is -1.56. The number of benzene rings is 1. The Morgan fingerprint density at radius 2 is 1.91 bits per heavy atom. The van der Waals surface area contributed by atoms with Gasteiger partial charge >= 0.3 is 6.18 Å². The molecule has 1 atom stereocenters. The summed E-state index contributed by atoms with van der Waals surface area (Å²) < 4.78 is 37.6. The molecule has 1 unspecified atom stereocenters. The monoisotopic (exact) mass is 314 g/mol. The lowest BCUT2D eigenvalue weighted by Gasteiger charge is -2.32. The number of amides is 1. The van der Waals surface area contributed by atoms with Gasteiger partial charge in [-0.2, -0.15) is 13.2 Å². The quantitative estimate of drug-likeness (QED) is 0.853. The molecule has 1 fully saturated rings.